The van der Waals surface area contributed by atoms with Crippen LogP contribution in [0.2, 0.25) is 0 Å². The number of carbonyl (C=O) groups excluding carboxylic acids is 1. The Morgan fingerprint density at radius 3 is 2.83 bits per heavy atom. The molecular weight excluding hydrogens is 244 g/mol. The molecule has 1 N–H and O–H groups in total. The Morgan fingerprint density at radius 2 is 2.28 bits per heavy atom. The number of carbonyl (C=O) groups is 1. The molecule has 4 heteroatoms. The average Bonchev–Trinajstić information content (AvgIpc) is 2.42. The second kappa shape index (κ2) is 8.81. The highest BCUT2D eigenvalue weighted by Crippen LogP contribution is 2.14. The first-order chi connectivity index (χ1) is 8.69. The summed E-state index contributed by atoms with van der Waals surface area (Å²) in [5.74, 6) is 1.35. The molecule has 2 unspecified atom stereocenters. The Bertz CT molecular complexity index is 242. The van der Waals surface area contributed by atoms with Crippen molar-refractivity contribution in [3.63, 3.8) is 0 Å². The molecule has 3 nitrogen and oxygen atoms in total. The number of piperidine rings is 1. The van der Waals surface area contributed by atoms with Crippen LogP contribution in [0.3, 0.4) is 0 Å². The van der Waals surface area contributed by atoms with Gasteiger partial charge in [-0.3, -0.25) is 4.79 Å². The predicted molar refractivity (Wildman–Crippen MR) is 80.1 cm³/mol. The number of hydrogen-bond acceptors (Lipinski definition) is 3. The second-order valence-electron chi connectivity index (χ2n) is 5.21. The van der Waals surface area contributed by atoms with Crippen LogP contribution < -0.4 is 5.32 Å². The quantitative estimate of drug-likeness (QED) is 0.773. The van der Waals surface area contributed by atoms with Crippen LogP contribution >= 0.6 is 11.8 Å². The first-order valence-corrected chi connectivity index (χ1v) is 8.56. The van der Waals surface area contributed by atoms with Gasteiger partial charge in [0.15, 0.2) is 0 Å². The van der Waals surface area contributed by atoms with Gasteiger partial charge >= 0.3 is 0 Å². The average molecular weight is 272 g/mol. The first kappa shape index (κ1) is 15.8. The summed E-state index contributed by atoms with van der Waals surface area (Å²) >= 11 is 1.82. The predicted octanol–water partition coefficient (Wildman–Crippen LogP) is 2.51. The monoisotopic (exact) mass is 272 g/mol. The molecule has 0 bridgehead atoms. The molecule has 1 amide bonds. The maximum absolute atomic E-state index is 12.1. The van der Waals surface area contributed by atoms with Crippen LogP contribution in [0.4, 0.5) is 0 Å². The second-order valence-corrected chi connectivity index (χ2v) is 6.12. The van der Waals surface area contributed by atoms with E-state index in [1.54, 1.807) is 0 Å². The summed E-state index contributed by atoms with van der Waals surface area (Å²) < 4.78 is 0. The van der Waals surface area contributed by atoms with Gasteiger partial charge < -0.3 is 10.2 Å². The lowest BCUT2D eigenvalue weighted by Crippen LogP contribution is -2.40. The maximum atomic E-state index is 12.1. The van der Waals surface area contributed by atoms with Crippen molar-refractivity contribution >= 4 is 17.7 Å². The van der Waals surface area contributed by atoms with Crippen molar-refractivity contribution in [2.24, 2.45) is 0 Å². The fourth-order valence-corrected chi connectivity index (χ4v) is 3.39. The molecule has 1 fully saturated rings. The molecule has 0 aromatic heterocycles. The minimum Gasteiger partial charge on any atom is -0.342 e. The Morgan fingerprint density at radius 1 is 1.50 bits per heavy atom. The summed E-state index contributed by atoms with van der Waals surface area (Å²) in [5.41, 5.74) is 0. The smallest absolute Gasteiger partial charge is 0.222 e. The topological polar surface area (TPSA) is 32.3 Å². The van der Waals surface area contributed by atoms with E-state index < -0.39 is 0 Å². The number of nitrogens with one attached hydrogen (secondary N) is 1. The van der Waals surface area contributed by atoms with Gasteiger partial charge in [0.2, 0.25) is 5.91 Å². The molecule has 1 rings (SSSR count). The molecule has 0 aliphatic carbocycles. The molecule has 1 aliphatic rings. The molecule has 0 aromatic carbocycles. The van der Waals surface area contributed by atoms with E-state index in [1.165, 1.54) is 19.3 Å². The van der Waals surface area contributed by atoms with E-state index in [-0.39, 0.29) is 0 Å². The zero-order valence-electron chi connectivity index (χ0n) is 12.1. The third-order valence-electron chi connectivity index (χ3n) is 3.89. The Balaban J connectivity index is 2.29. The summed E-state index contributed by atoms with van der Waals surface area (Å²) in [6.07, 6.45) is 8.68. The third-order valence-corrected chi connectivity index (χ3v) is 4.61. The molecule has 0 saturated carbocycles. The molecule has 1 heterocycles. The van der Waals surface area contributed by atoms with E-state index in [0.29, 0.717) is 24.4 Å². The molecule has 2 atom stereocenters. The van der Waals surface area contributed by atoms with E-state index in [0.717, 1.165) is 25.1 Å². The maximum Gasteiger partial charge on any atom is 0.222 e. The van der Waals surface area contributed by atoms with E-state index in [1.807, 2.05) is 23.7 Å². The van der Waals surface area contributed by atoms with E-state index in [4.69, 9.17) is 0 Å². The molecule has 18 heavy (non-hydrogen) atoms. The lowest BCUT2D eigenvalue weighted by molar-refractivity contribution is -0.131. The number of thioether (sulfide) groups is 1. The fraction of sp³-hybridized carbons (Fsp3) is 0.929. The SMILES string of the molecule is CCC(CSC)N(C)C(=O)CCC1CCCCN1. The van der Waals surface area contributed by atoms with E-state index >= 15 is 0 Å². The zero-order chi connectivity index (χ0) is 13.4. The van der Waals surface area contributed by atoms with Gasteiger partial charge in [0, 0.05) is 31.3 Å². The highest BCUT2D eigenvalue weighted by atomic mass is 32.2. The number of rotatable bonds is 7. The first-order valence-electron chi connectivity index (χ1n) is 7.17. The molecule has 0 aromatic rings. The standard InChI is InChI=1S/C14H28N2OS/c1-4-13(11-18-3)16(2)14(17)9-8-12-7-5-6-10-15-12/h12-13,15H,4-11H2,1-3H3. The number of amides is 1. The van der Waals surface area contributed by atoms with Gasteiger partial charge in [0.05, 0.1) is 0 Å². The van der Waals surface area contributed by atoms with E-state index in [2.05, 4.69) is 18.5 Å². The normalized spacial score (nSPS) is 21.6. The van der Waals surface area contributed by atoms with Gasteiger partial charge in [0.1, 0.15) is 0 Å². The van der Waals surface area contributed by atoms with Crippen LogP contribution in [0.15, 0.2) is 0 Å². The summed E-state index contributed by atoms with van der Waals surface area (Å²) in [5, 5.41) is 3.51. The Hall–Kier alpha value is -0.220. The third kappa shape index (κ3) is 5.19. The Labute approximate surface area is 116 Å². The summed E-state index contributed by atoms with van der Waals surface area (Å²) in [6, 6.07) is 0.962. The lowest BCUT2D eigenvalue weighted by Gasteiger charge is -2.28. The zero-order valence-corrected chi connectivity index (χ0v) is 12.9. The minimum atomic E-state index is 0.309. The van der Waals surface area contributed by atoms with Crippen molar-refractivity contribution in [1.82, 2.24) is 10.2 Å². The summed E-state index contributed by atoms with van der Waals surface area (Å²) in [4.78, 5) is 14.1. The van der Waals surface area contributed by atoms with Gasteiger partial charge in [-0.25, -0.2) is 0 Å². The van der Waals surface area contributed by atoms with Gasteiger partial charge in [-0.05, 0) is 38.5 Å². The van der Waals surface area contributed by atoms with Gasteiger partial charge in [-0.1, -0.05) is 13.3 Å². The van der Waals surface area contributed by atoms with Crippen LogP contribution in [-0.2, 0) is 4.79 Å². The molecule has 0 radical (unpaired) electrons. The van der Waals surface area contributed by atoms with Crippen LogP contribution in [0, 0.1) is 0 Å². The van der Waals surface area contributed by atoms with Gasteiger partial charge in [-0.2, -0.15) is 11.8 Å². The van der Waals surface area contributed by atoms with Crippen LogP contribution in [0.1, 0.15) is 45.4 Å². The van der Waals surface area contributed by atoms with Gasteiger partial charge in [-0.15, -0.1) is 0 Å². The van der Waals surface area contributed by atoms with Crippen molar-refractivity contribution < 1.29 is 4.79 Å². The van der Waals surface area contributed by atoms with Crippen molar-refractivity contribution in [3.05, 3.63) is 0 Å². The highest BCUT2D eigenvalue weighted by Gasteiger charge is 2.19. The van der Waals surface area contributed by atoms with Crippen molar-refractivity contribution in [2.75, 3.05) is 25.6 Å². The lowest BCUT2D eigenvalue weighted by atomic mass is 10.00. The minimum absolute atomic E-state index is 0.309. The molecule has 0 spiro atoms. The molecule has 1 saturated heterocycles. The fourth-order valence-electron chi connectivity index (χ4n) is 2.54. The van der Waals surface area contributed by atoms with E-state index in [9.17, 15) is 4.79 Å². The van der Waals surface area contributed by atoms with Crippen molar-refractivity contribution in [3.8, 4) is 0 Å². The summed E-state index contributed by atoms with van der Waals surface area (Å²) in [6.45, 7) is 3.28. The summed E-state index contributed by atoms with van der Waals surface area (Å²) in [7, 11) is 1.96. The van der Waals surface area contributed by atoms with Crippen molar-refractivity contribution in [1.29, 1.82) is 0 Å². The van der Waals surface area contributed by atoms with Crippen LogP contribution in [0.5, 0.6) is 0 Å². The molecular formula is C14H28N2OS. The van der Waals surface area contributed by atoms with Crippen LogP contribution in [-0.4, -0.2) is 48.5 Å². The number of hydrogen-bond donors (Lipinski definition) is 1. The molecule has 106 valence electrons. The van der Waals surface area contributed by atoms with Gasteiger partial charge in [0.25, 0.3) is 0 Å². The highest BCUT2D eigenvalue weighted by molar-refractivity contribution is 7.98. The van der Waals surface area contributed by atoms with Crippen LogP contribution in [0.25, 0.3) is 0 Å². The Kier molecular flexibility index (Phi) is 7.75. The molecule has 1 aliphatic heterocycles. The number of nitrogens with zero attached hydrogens (tertiary/aromatic N) is 1. The largest absolute Gasteiger partial charge is 0.342 e. The van der Waals surface area contributed by atoms with Crippen molar-refractivity contribution in [2.45, 2.75) is 57.5 Å².